The second-order valence-corrected chi connectivity index (χ2v) is 6.55. The van der Waals surface area contributed by atoms with E-state index in [1.54, 1.807) is 6.07 Å². The van der Waals surface area contributed by atoms with Gasteiger partial charge in [-0.2, -0.15) is 0 Å². The normalized spacial score (nSPS) is 22.0. The monoisotopic (exact) mass is 299 g/mol. The fourth-order valence-electron chi connectivity index (χ4n) is 3.66. The van der Waals surface area contributed by atoms with Gasteiger partial charge in [0.15, 0.2) is 0 Å². The molecule has 0 radical (unpaired) electrons. The first-order valence-corrected chi connectivity index (χ1v) is 8.47. The summed E-state index contributed by atoms with van der Waals surface area (Å²) in [6.07, 6.45) is 8.99. The summed E-state index contributed by atoms with van der Waals surface area (Å²) < 4.78 is 0. The van der Waals surface area contributed by atoms with Gasteiger partial charge in [0.2, 0.25) is 0 Å². The lowest BCUT2D eigenvalue weighted by Gasteiger charge is -2.27. The fraction of sp³-hybridized carbons (Fsp3) is 0.556. The molecule has 4 nitrogen and oxygen atoms in total. The van der Waals surface area contributed by atoms with Gasteiger partial charge in [-0.3, -0.25) is 4.79 Å². The largest absolute Gasteiger partial charge is 0.366 e. The van der Waals surface area contributed by atoms with Crippen molar-refractivity contribution in [3.63, 3.8) is 0 Å². The van der Waals surface area contributed by atoms with Crippen molar-refractivity contribution in [3.05, 3.63) is 29.6 Å². The Morgan fingerprint density at radius 2 is 2.09 bits per heavy atom. The van der Waals surface area contributed by atoms with Crippen LogP contribution >= 0.6 is 0 Å². The molecule has 1 aliphatic rings. The highest BCUT2D eigenvalue weighted by Crippen LogP contribution is 2.37. The summed E-state index contributed by atoms with van der Waals surface area (Å²) in [6.45, 7) is 2.26. The Morgan fingerprint density at radius 3 is 2.77 bits per heavy atom. The van der Waals surface area contributed by atoms with E-state index in [0.29, 0.717) is 11.5 Å². The maximum Gasteiger partial charge on any atom is 0.250 e. The molecule has 0 bridgehead atoms. The second kappa shape index (κ2) is 6.51. The number of nitrogens with zero attached hydrogens (tertiary/aromatic N) is 1. The average molecular weight is 299 g/mol. The number of imidazole rings is 1. The summed E-state index contributed by atoms with van der Waals surface area (Å²) in [6, 6.07) is 5.56. The van der Waals surface area contributed by atoms with Crippen molar-refractivity contribution >= 4 is 16.9 Å². The van der Waals surface area contributed by atoms with E-state index in [2.05, 4.69) is 16.9 Å². The number of rotatable bonds is 5. The van der Waals surface area contributed by atoms with Crippen LogP contribution in [0.3, 0.4) is 0 Å². The number of aromatic nitrogens is 2. The highest BCUT2D eigenvalue weighted by Gasteiger charge is 2.24. The SMILES string of the molecule is CCCCC1CCC(c2nc3c(C(N)=O)cccc3[nH]2)CC1. The standard InChI is InChI=1S/C18H25N3O/c1-2-3-5-12-8-10-13(11-9-12)18-20-15-7-4-6-14(17(19)22)16(15)21-18/h4,6-7,12-13H,2-3,5,8-11H2,1H3,(H2,19,22)(H,20,21). The van der Waals surface area contributed by atoms with E-state index in [4.69, 9.17) is 5.73 Å². The molecule has 22 heavy (non-hydrogen) atoms. The van der Waals surface area contributed by atoms with Crippen LogP contribution in [0.4, 0.5) is 0 Å². The van der Waals surface area contributed by atoms with E-state index in [9.17, 15) is 4.79 Å². The van der Waals surface area contributed by atoms with E-state index in [1.165, 1.54) is 44.9 Å². The maximum atomic E-state index is 11.5. The first-order valence-electron chi connectivity index (χ1n) is 8.47. The van der Waals surface area contributed by atoms with E-state index in [0.717, 1.165) is 22.8 Å². The third-order valence-corrected chi connectivity index (χ3v) is 5.00. The van der Waals surface area contributed by atoms with Gasteiger partial charge in [0.1, 0.15) is 11.3 Å². The Hall–Kier alpha value is -1.84. The molecule has 1 aromatic heterocycles. The number of benzene rings is 1. The lowest BCUT2D eigenvalue weighted by Crippen LogP contribution is -2.14. The molecule has 4 heteroatoms. The lowest BCUT2D eigenvalue weighted by molar-refractivity contribution is 0.100. The Morgan fingerprint density at radius 1 is 1.32 bits per heavy atom. The van der Waals surface area contributed by atoms with Gasteiger partial charge >= 0.3 is 0 Å². The molecule has 3 N–H and O–H groups in total. The number of fused-ring (bicyclic) bond motifs is 1. The highest BCUT2D eigenvalue weighted by molar-refractivity contribution is 6.04. The molecule has 1 fully saturated rings. The van der Waals surface area contributed by atoms with Crippen LogP contribution < -0.4 is 5.73 Å². The third-order valence-electron chi connectivity index (χ3n) is 5.00. The number of nitrogens with one attached hydrogen (secondary N) is 1. The molecule has 1 aliphatic carbocycles. The van der Waals surface area contributed by atoms with Crippen molar-refractivity contribution in [1.29, 1.82) is 0 Å². The van der Waals surface area contributed by atoms with Gasteiger partial charge in [-0.25, -0.2) is 4.98 Å². The van der Waals surface area contributed by atoms with Crippen LogP contribution in [0.15, 0.2) is 18.2 Å². The number of carbonyl (C=O) groups excluding carboxylic acids is 1. The van der Waals surface area contributed by atoms with Crippen LogP contribution in [-0.2, 0) is 0 Å². The van der Waals surface area contributed by atoms with Crippen LogP contribution in [0, 0.1) is 5.92 Å². The van der Waals surface area contributed by atoms with Crippen molar-refractivity contribution in [3.8, 4) is 0 Å². The number of primary amides is 1. The number of hydrogen-bond donors (Lipinski definition) is 2. The predicted molar refractivity (Wildman–Crippen MR) is 88.8 cm³/mol. The van der Waals surface area contributed by atoms with Gasteiger partial charge < -0.3 is 10.7 Å². The van der Waals surface area contributed by atoms with Gasteiger partial charge in [0, 0.05) is 5.92 Å². The topological polar surface area (TPSA) is 71.8 Å². The summed E-state index contributed by atoms with van der Waals surface area (Å²) in [5.41, 5.74) is 7.59. The Balaban J connectivity index is 1.75. The first kappa shape index (κ1) is 15.1. The van der Waals surface area contributed by atoms with E-state index in [-0.39, 0.29) is 0 Å². The molecular formula is C18H25N3O. The van der Waals surface area contributed by atoms with Crippen molar-refractivity contribution < 1.29 is 4.79 Å². The molecule has 0 saturated heterocycles. The van der Waals surface area contributed by atoms with Crippen molar-refractivity contribution in [1.82, 2.24) is 9.97 Å². The second-order valence-electron chi connectivity index (χ2n) is 6.55. The van der Waals surface area contributed by atoms with Gasteiger partial charge in [0.05, 0.1) is 11.1 Å². The van der Waals surface area contributed by atoms with Gasteiger partial charge in [-0.05, 0) is 43.7 Å². The van der Waals surface area contributed by atoms with Crippen LogP contribution in [-0.4, -0.2) is 15.9 Å². The molecule has 118 valence electrons. The molecule has 1 aromatic carbocycles. The van der Waals surface area contributed by atoms with E-state index < -0.39 is 5.91 Å². The molecule has 1 saturated carbocycles. The molecule has 2 aromatic rings. The minimum Gasteiger partial charge on any atom is -0.366 e. The minimum absolute atomic E-state index is 0.410. The first-order chi connectivity index (χ1) is 10.7. The van der Waals surface area contributed by atoms with E-state index in [1.807, 2.05) is 12.1 Å². The fourth-order valence-corrected chi connectivity index (χ4v) is 3.66. The molecular weight excluding hydrogens is 274 g/mol. The van der Waals surface area contributed by atoms with Gasteiger partial charge in [0.25, 0.3) is 5.91 Å². The zero-order valence-corrected chi connectivity index (χ0v) is 13.3. The number of H-pyrrole nitrogens is 1. The molecule has 1 heterocycles. The highest BCUT2D eigenvalue weighted by atomic mass is 16.1. The van der Waals surface area contributed by atoms with E-state index >= 15 is 0 Å². The summed E-state index contributed by atoms with van der Waals surface area (Å²) in [5.74, 6) is 2.00. The van der Waals surface area contributed by atoms with Crippen LogP contribution in [0.5, 0.6) is 0 Å². The van der Waals surface area contributed by atoms with Gasteiger partial charge in [-0.15, -0.1) is 0 Å². The number of amides is 1. The zero-order valence-electron chi connectivity index (χ0n) is 13.3. The summed E-state index contributed by atoms with van der Waals surface area (Å²) in [7, 11) is 0. The van der Waals surface area contributed by atoms with Gasteiger partial charge in [-0.1, -0.05) is 32.3 Å². The predicted octanol–water partition coefficient (Wildman–Crippen LogP) is 4.13. The summed E-state index contributed by atoms with van der Waals surface area (Å²) in [5, 5.41) is 0. The quantitative estimate of drug-likeness (QED) is 0.871. The molecule has 0 unspecified atom stereocenters. The Labute approximate surface area is 131 Å². The summed E-state index contributed by atoms with van der Waals surface area (Å²) >= 11 is 0. The van der Waals surface area contributed by atoms with Crippen molar-refractivity contribution in [2.24, 2.45) is 11.7 Å². The molecule has 0 aliphatic heterocycles. The molecule has 3 rings (SSSR count). The maximum absolute atomic E-state index is 11.5. The number of carbonyl (C=O) groups is 1. The van der Waals surface area contributed by atoms with Crippen LogP contribution in [0.1, 0.15) is 74.0 Å². The molecule has 0 atom stereocenters. The Kier molecular flexibility index (Phi) is 4.46. The van der Waals surface area contributed by atoms with Crippen molar-refractivity contribution in [2.45, 2.75) is 57.8 Å². The average Bonchev–Trinajstić information content (AvgIpc) is 2.97. The number of nitrogens with two attached hydrogens (primary N) is 1. The lowest BCUT2D eigenvalue weighted by atomic mass is 9.79. The molecule has 1 amide bonds. The molecule has 0 spiro atoms. The zero-order chi connectivity index (χ0) is 15.5. The van der Waals surface area contributed by atoms with Crippen LogP contribution in [0.2, 0.25) is 0 Å². The smallest absolute Gasteiger partial charge is 0.250 e. The van der Waals surface area contributed by atoms with Crippen LogP contribution in [0.25, 0.3) is 11.0 Å². The minimum atomic E-state index is -0.410. The van der Waals surface area contributed by atoms with Crippen molar-refractivity contribution in [2.75, 3.05) is 0 Å². The number of aromatic amines is 1. The number of para-hydroxylation sites is 1. The summed E-state index contributed by atoms with van der Waals surface area (Å²) in [4.78, 5) is 19.6. The number of hydrogen-bond acceptors (Lipinski definition) is 2. The number of unbranched alkanes of at least 4 members (excludes halogenated alkanes) is 1. The Bertz CT molecular complexity index is 653. The third kappa shape index (κ3) is 3.01.